The molecule has 1 fully saturated rings. The van der Waals surface area contributed by atoms with Crippen LogP contribution in [-0.2, 0) is 11.2 Å². The number of hydrogen-bond acceptors (Lipinski definition) is 3. The van der Waals surface area contributed by atoms with Crippen molar-refractivity contribution in [1.29, 1.82) is 0 Å². The Hall–Kier alpha value is -1.55. The van der Waals surface area contributed by atoms with Crippen LogP contribution < -0.4 is 15.8 Å². The lowest BCUT2D eigenvalue weighted by Gasteiger charge is -2.24. The molecule has 1 aromatic carbocycles. The molecule has 4 heteroatoms. The first-order valence-corrected chi connectivity index (χ1v) is 6.89. The second kappa shape index (κ2) is 4.53. The number of amides is 1. The van der Waals surface area contributed by atoms with E-state index in [4.69, 9.17) is 10.5 Å². The molecular weight excluding hydrogens is 240 g/mol. The Morgan fingerprint density at radius 1 is 1.47 bits per heavy atom. The van der Waals surface area contributed by atoms with Crippen LogP contribution in [0.4, 0.5) is 0 Å². The van der Waals surface area contributed by atoms with E-state index >= 15 is 0 Å². The molecule has 2 aliphatic rings. The summed E-state index contributed by atoms with van der Waals surface area (Å²) in [7, 11) is 0. The van der Waals surface area contributed by atoms with Crippen molar-refractivity contribution >= 4 is 5.91 Å². The van der Waals surface area contributed by atoms with Crippen LogP contribution in [0.5, 0.6) is 5.75 Å². The minimum Gasteiger partial charge on any atom is -0.488 e. The van der Waals surface area contributed by atoms with Crippen LogP contribution in [0, 0.1) is 5.92 Å². The first-order chi connectivity index (χ1) is 9.07. The summed E-state index contributed by atoms with van der Waals surface area (Å²) in [6.07, 6.45) is 3.00. The molecule has 0 saturated heterocycles. The molecule has 3 N–H and O–H groups in total. The third kappa shape index (κ3) is 2.45. The fourth-order valence-electron chi connectivity index (χ4n) is 2.63. The summed E-state index contributed by atoms with van der Waals surface area (Å²) in [6, 6.07) is 8.00. The molecule has 1 aliphatic heterocycles. The van der Waals surface area contributed by atoms with Gasteiger partial charge in [0.1, 0.15) is 11.9 Å². The van der Waals surface area contributed by atoms with Crippen molar-refractivity contribution in [1.82, 2.24) is 5.32 Å². The molecule has 0 spiro atoms. The summed E-state index contributed by atoms with van der Waals surface area (Å²) in [5, 5.41) is 2.93. The van der Waals surface area contributed by atoms with Gasteiger partial charge in [-0.05, 0) is 37.3 Å². The van der Waals surface area contributed by atoms with E-state index in [2.05, 4.69) is 11.4 Å². The molecule has 0 bridgehead atoms. The average molecular weight is 260 g/mol. The number of nitrogens with two attached hydrogens (primary N) is 1. The average Bonchev–Trinajstić information content (AvgIpc) is 3.16. The Bertz CT molecular complexity index is 470. The Kier molecular flexibility index (Phi) is 2.97. The number of nitrogens with one attached hydrogen (secondary N) is 1. The Balaban J connectivity index is 1.53. The summed E-state index contributed by atoms with van der Waals surface area (Å²) >= 11 is 0. The number of fused-ring (bicyclic) bond motifs is 1. The van der Waals surface area contributed by atoms with Gasteiger partial charge in [0.05, 0.1) is 12.1 Å². The maximum absolute atomic E-state index is 12.1. The molecule has 1 aliphatic carbocycles. The monoisotopic (exact) mass is 260 g/mol. The van der Waals surface area contributed by atoms with Gasteiger partial charge in [0.25, 0.3) is 0 Å². The molecule has 0 aromatic heterocycles. The zero-order chi connectivity index (χ0) is 13.5. The van der Waals surface area contributed by atoms with Gasteiger partial charge in [-0.3, -0.25) is 4.79 Å². The van der Waals surface area contributed by atoms with Gasteiger partial charge in [0.2, 0.25) is 5.91 Å². The van der Waals surface area contributed by atoms with E-state index in [1.807, 2.05) is 25.1 Å². The molecule has 1 aromatic rings. The third-order valence-electron chi connectivity index (χ3n) is 4.12. The van der Waals surface area contributed by atoms with Crippen molar-refractivity contribution in [2.45, 2.75) is 37.8 Å². The van der Waals surface area contributed by atoms with Gasteiger partial charge in [0, 0.05) is 6.42 Å². The second-order valence-corrected chi connectivity index (χ2v) is 5.82. The quantitative estimate of drug-likeness (QED) is 0.856. The van der Waals surface area contributed by atoms with E-state index in [9.17, 15) is 4.79 Å². The van der Waals surface area contributed by atoms with E-state index < -0.39 is 5.54 Å². The van der Waals surface area contributed by atoms with E-state index in [0.29, 0.717) is 12.5 Å². The predicted octanol–water partition coefficient (Wildman–Crippen LogP) is 1.23. The maximum Gasteiger partial charge on any atom is 0.240 e. The molecule has 2 unspecified atom stereocenters. The highest BCUT2D eigenvalue weighted by Gasteiger charge is 2.44. The number of carbonyl (C=O) groups is 1. The number of carbonyl (C=O) groups excluding carboxylic acids is 1. The van der Waals surface area contributed by atoms with Crippen LogP contribution in [0.3, 0.4) is 0 Å². The van der Waals surface area contributed by atoms with Crippen LogP contribution in [0.2, 0.25) is 0 Å². The highest BCUT2D eigenvalue weighted by Crippen LogP contribution is 2.38. The number of para-hydroxylation sites is 1. The van der Waals surface area contributed by atoms with Gasteiger partial charge < -0.3 is 15.8 Å². The molecule has 19 heavy (non-hydrogen) atoms. The van der Waals surface area contributed by atoms with Gasteiger partial charge >= 0.3 is 0 Å². The van der Waals surface area contributed by atoms with Crippen molar-refractivity contribution in [2.75, 3.05) is 6.54 Å². The van der Waals surface area contributed by atoms with Crippen molar-refractivity contribution in [2.24, 2.45) is 11.7 Å². The lowest BCUT2D eigenvalue weighted by atomic mass is 9.96. The standard InChI is InChI=1S/C15H20N2O2/c1-15(16,11-6-7-11)14(18)17-9-12-8-10-4-2-3-5-13(10)19-12/h2-5,11-12H,6-9,16H2,1H3,(H,17,18). The minimum absolute atomic E-state index is 0.0244. The lowest BCUT2D eigenvalue weighted by Crippen LogP contribution is -2.54. The SMILES string of the molecule is CC(N)(C(=O)NCC1Cc2ccccc2O1)C1CC1. The fraction of sp³-hybridized carbons (Fsp3) is 0.533. The topological polar surface area (TPSA) is 64.4 Å². The number of ether oxygens (including phenoxy) is 1. The van der Waals surface area contributed by atoms with Crippen molar-refractivity contribution in [3.05, 3.63) is 29.8 Å². The van der Waals surface area contributed by atoms with Gasteiger partial charge in [-0.2, -0.15) is 0 Å². The predicted molar refractivity (Wildman–Crippen MR) is 72.9 cm³/mol. The van der Waals surface area contributed by atoms with E-state index in [1.54, 1.807) is 0 Å². The van der Waals surface area contributed by atoms with Crippen molar-refractivity contribution in [3.63, 3.8) is 0 Å². The normalized spacial score (nSPS) is 24.2. The molecule has 1 saturated carbocycles. The first kappa shape index (κ1) is 12.5. The third-order valence-corrected chi connectivity index (χ3v) is 4.12. The van der Waals surface area contributed by atoms with Crippen LogP contribution in [0.1, 0.15) is 25.3 Å². The van der Waals surface area contributed by atoms with Crippen LogP contribution in [-0.4, -0.2) is 24.1 Å². The molecular formula is C15H20N2O2. The second-order valence-electron chi connectivity index (χ2n) is 5.82. The molecule has 1 heterocycles. The van der Waals surface area contributed by atoms with Gasteiger partial charge in [-0.1, -0.05) is 18.2 Å². The zero-order valence-corrected chi connectivity index (χ0v) is 11.2. The van der Waals surface area contributed by atoms with Gasteiger partial charge in [-0.25, -0.2) is 0 Å². The first-order valence-electron chi connectivity index (χ1n) is 6.89. The Morgan fingerprint density at radius 3 is 2.89 bits per heavy atom. The maximum atomic E-state index is 12.1. The summed E-state index contributed by atoms with van der Waals surface area (Å²) in [6.45, 7) is 2.34. The molecule has 2 atom stereocenters. The summed E-state index contributed by atoms with van der Waals surface area (Å²) in [5.74, 6) is 1.21. The number of rotatable bonds is 4. The largest absolute Gasteiger partial charge is 0.488 e. The Labute approximate surface area is 113 Å². The smallest absolute Gasteiger partial charge is 0.240 e. The summed E-state index contributed by atoms with van der Waals surface area (Å²) in [5.41, 5.74) is 6.56. The molecule has 4 nitrogen and oxygen atoms in total. The lowest BCUT2D eigenvalue weighted by molar-refractivity contribution is -0.126. The molecule has 0 radical (unpaired) electrons. The highest BCUT2D eigenvalue weighted by atomic mass is 16.5. The number of benzene rings is 1. The number of hydrogen-bond donors (Lipinski definition) is 2. The van der Waals surface area contributed by atoms with Crippen LogP contribution in [0.25, 0.3) is 0 Å². The summed E-state index contributed by atoms with van der Waals surface area (Å²) < 4.78 is 5.79. The van der Waals surface area contributed by atoms with E-state index in [1.165, 1.54) is 5.56 Å². The molecule has 1 amide bonds. The minimum atomic E-state index is -0.731. The molecule has 3 rings (SSSR count). The zero-order valence-electron chi connectivity index (χ0n) is 11.2. The van der Waals surface area contributed by atoms with Crippen molar-refractivity contribution in [3.8, 4) is 5.75 Å². The summed E-state index contributed by atoms with van der Waals surface area (Å²) in [4.78, 5) is 12.1. The van der Waals surface area contributed by atoms with Gasteiger partial charge in [-0.15, -0.1) is 0 Å². The van der Waals surface area contributed by atoms with E-state index in [-0.39, 0.29) is 12.0 Å². The Morgan fingerprint density at radius 2 is 2.21 bits per heavy atom. The molecule has 102 valence electrons. The van der Waals surface area contributed by atoms with Crippen LogP contribution >= 0.6 is 0 Å². The highest BCUT2D eigenvalue weighted by molar-refractivity contribution is 5.86. The van der Waals surface area contributed by atoms with Crippen molar-refractivity contribution < 1.29 is 9.53 Å². The van der Waals surface area contributed by atoms with Gasteiger partial charge in [0.15, 0.2) is 0 Å². The fourth-order valence-corrected chi connectivity index (χ4v) is 2.63. The van der Waals surface area contributed by atoms with Crippen LogP contribution in [0.15, 0.2) is 24.3 Å². The van der Waals surface area contributed by atoms with E-state index in [0.717, 1.165) is 25.0 Å².